The summed E-state index contributed by atoms with van der Waals surface area (Å²) < 4.78 is 13.2. The Morgan fingerprint density at radius 3 is 2.85 bits per heavy atom. The Bertz CT molecular complexity index is 409. The molecule has 0 aliphatic heterocycles. The van der Waals surface area contributed by atoms with E-state index in [0.29, 0.717) is 34.4 Å². The third-order valence-corrected chi connectivity index (χ3v) is 2.59. The second-order valence-electron chi connectivity index (χ2n) is 2.90. The highest BCUT2D eigenvalue weighted by atomic mass is 35.5. The molecule has 0 amide bonds. The first-order valence-electron chi connectivity index (χ1n) is 3.85. The summed E-state index contributed by atoms with van der Waals surface area (Å²) >= 11 is 5.86. The quantitative estimate of drug-likeness (QED) is 0.631. The number of aldehydes is 1. The lowest BCUT2D eigenvalue weighted by Crippen LogP contribution is -1.89. The number of carbonyl (C=O) groups is 1. The summed E-state index contributed by atoms with van der Waals surface area (Å²) in [4.78, 5) is 10.5. The predicted molar refractivity (Wildman–Crippen MR) is 48.9 cm³/mol. The number of hydrogen-bond donors (Lipinski definition) is 0. The van der Waals surface area contributed by atoms with Gasteiger partial charge in [0.25, 0.3) is 0 Å². The summed E-state index contributed by atoms with van der Waals surface area (Å²) in [5.41, 5.74) is 1.63. The first kappa shape index (κ1) is 8.45. The van der Waals surface area contributed by atoms with Gasteiger partial charge in [-0.15, -0.1) is 0 Å². The third kappa shape index (κ3) is 1.18. The third-order valence-electron chi connectivity index (χ3n) is 2.15. The lowest BCUT2D eigenvalue weighted by atomic mass is 10.1. The van der Waals surface area contributed by atoms with Gasteiger partial charge in [-0.3, -0.25) is 4.79 Å². The number of benzene rings is 1. The molecule has 0 aromatic heterocycles. The van der Waals surface area contributed by atoms with Gasteiger partial charge in [0.2, 0.25) is 0 Å². The maximum atomic E-state index is 13.2. The molecular formula is C10H6ClFO. The van der Waals surface area contributed by atoms with Crippen molar-refractivity contribution in [3.05, 3.63) is 40.7 Å². The second kappa shape index (κ2) is 2.96. The van der Waals surface area contributed by atoms with Crippen LogP contribution in [0.25, 0.3) is 5.03 Å². The van der Waals surface area contributed by atoms with Crippen molar-refractivity contribution in [2.24, 2.45) is 0 Å². The van der Waals surface area contributed by atoms with Crippen molar-refractivity contribution in [1.82, 2.24) is 0 Å². The van der Waals surface area contributed by atoms with E-state index < -0.39 is 0 Å². The molecule has 0 unspecified atom stereocenters. The zero-order valence-electron chi connectivity index (χ0n) is 6.68. The van der Waals surface area contributed by atoms with Crippen LogP contribution in [-0.2, 0) is 11.2 Å². The topological polar surface area (TPSA) is 17.1 Å². The van der Waals surface area contributed by atoms with Crippen LogP contribution < -0.4 is 0 Å². The molecule has 1 aliphatic rings. The van der Waals surface area contributed by atoms with E-state index in [9.17, 15) is 9.18 Å². The van der Waals surface area contributed by atoms with Crippen LogP contribution in [0.15, 0.2) is 23.8 Å². The van der Waals surface area contributed by atoms with Crippen molar-refractivity contribution in [2.45, 2.75) is 6.42 Å². The number of hydrogen-bond acceptors (Lipinski definition) is 1. The van der Waals surface area contributed by atoms with Gasteiger partial charge < -0.3 is 0 Å². The van der Waals surface area contributed by atoms with Crippen LogP contribution in [0.2, 0.25) is 0 Å². The van der Waals surface area contributed by atoms with E-state index in [1.165, 1.54) is 6.07 Å². The molecule has 1 nitrogen and oxygen atoms in total. The average Bonchev–Trinajstić information content (AvgIpc) is 2.45. The number of halogens is 2. The van der Waals surface area contributed by atoms with E-state index in [-0.39, 0.29) is 5.82 Å². The molecule has 2 rings (SSSR count). The Labute approximate surface area is 79.8 Å². The van der Waals surface area contributed by atoms with Crippen LogP contribution in [0.5, 0.6) is 0 Å². The van der Waals surface area contributed by atoms with Crippen LogP contribution in [-0.4, -0.2) is 6.29 Å². The minimum Gasteiger partial charge on any atom is -0.298 e. The monoisotopic (exact) mass is 196 g/mol. The van der Waals surface area contributed by atoms with Crippen molar-refractivity contribution in [3.8, 4) is 0 Å². The van der Waals surface area contributed by atoms with E-state index in [1.54, 1.807) is 12.1 Å². The van der Waals surface area contributed by atoms with Crippen LogP contribution in [0, 0.1) is 5.82 Å². The van der Waals surface area contributed by atoms with Gasteiger partial charge in [-0.05, 0) is 11.6 Å². The van der Waals surface area contributed by atoms with Crippen molar-refractivity contribution in [3.63, 3.8) is 0 Å². The Kier molecular flexibility index (Phi) is 1.93. The number of carbonyl (C=O) groups excluding carboxylic acids is 1. The predicted octanol–water partition coefficient (Wildman–Crippen LogP) is 2.53. The smallest absolute Gasteiger partial charge is 0.147 e. The van der Waals surface area contributed by atoms with Crippen LogP contribution in [0.1, 0.15) is 11.1 Å². The molecule has 1 aromatic rings. The molecular weight excluding hydrogens is 191 g/mol. The first-order valence-corrected chi connectivity index (χ1v) is 4.23. The molecule has 13 heavy (non-hydrogen) atoms. The highest BCUT2D eigenvalue weighted by Gasteiger charge is 2.22. The maximum absolute atomic E-state index is 13.2. The van der Waals surface area contributed by atoms with Crippen molar-refractivity contribution < 1.29 is 9.18 Å². The number of rotatable bonds is 1. The zero-order valence-corrected chi connectivity index (χ0v) is 7.44. The summed E-state index contributed by atoms with van der Waals surface area (Å²) in [6.45, 7) is 0. The van der Waals surface area contributed by atoms with Gasteiger partial charge in [-0.1, -0.05) is 23.7 Å². The molecule has 0 N–H and O–H groups in total. The first-order chi connectivity index (χ1) is 6.24. The summed E-state index contributed by atoms with van der Waals surface area (Å²) in [6.07, 6.45) is 0.992. The molecule has 66 valence electrons. The minimum absolute atomic E-state index is 0.299. The number of fused-ring (bicyclic) bond motifs is 1. The maximum Gasteiger partial charge on any atom is 0.147 e. The van der Waals surface area contributed by atoms with Gasteiger partial charge >= 0.3 is 0 Å². The molecule has 0 atom stereocenters. The van der Waals surface area contributed by atoms with Crippen LogP contribution >= 0.6 is 11.6 Å². The normalized spacial score (nSPS) is 14.6. The van der Waals surface area contributed by atoms with Gasteiger partial charge in [0.1, 0.15) is 12.1 Å². The highest BCUT2D eigenvalue weighted by molar-refractivity contribution is 6.51. The molecule has 3 heteroatoms. The van der Waals surface area contributed by atoms with E-state index in [1.807, 2.05) is 0 Å². The second-order valence-corrected chi connectivity index (χ2v) is 3.28. The van der Waals surface area contributed by atoms with Crippen molar-refractivity contribution in [2.75, 3.05) is 0 Å². The molecule has 1 aliphatic carbocycles. The molecule has 0 heterocycles. The number of allylic oxidation sites excluding steroid dienone is 1. The van der Waals surface area contributed by atoms with Crippen molar-refractivity contribution >= 4 is 22.9 Å². The van der Waals surface area contributed by atoms with Gasteiger partial charge in [-0.25, -0.2) is 4.39 Å². The Hall–Kier alpha value is -1.15. The Balaban J connectivity index is 2.61. The van der Waals surface area contributed by atoms with E-state index >= 15 is 0 Å². The van der Waals surface area contributed by atoms with E-state index in [0.717, 1.165) is 0 Å². The van der Waals surface area contributed by atoms with Crippen molar-refractivity contribution in [1.29, 1.82) is 0 Å². The minimum atomic E-state index is -0.299. The summed E-state index contributed by atoms with van der Waals surface area (Å²) in [5.74, 6) is -0.299. The highest BCUT2D eigenvalue weighted by Crippen LogP contribution is 2.35. The van der Waals surface area contributed by atoms with Gasteiger partial charge in [0, 0.05) is 17.6 Å². The molecule has 0 bridgehead atoms. The standard InChI is InChI=1S/C10H6ClFO/c11-10-6(5-13)4-8-7(10)2-1-3-9(8)12/h1-3,5H,4H2. The Morgan fingerprint density at radius 1 is 1.46 bits per heavy atom. The van der Waals surface area contributed by atoms with E-state index in [4.69, 9.17) is 11.6 Å². The molecule has 0 saturated heterocycles. The fraction of sp³-hybridized carbons (Fsp3) is 0.100. The fourth-order valence-electron chi connectivity index (χ4n) is 1.48. The molecule has 0 spiro atoms. The largest absolute Gasteiger partial charge is 0.298 e. The lowest BCUT2D eigenvalue weighted by molar-refractivity contribution is -0.104. The average molecular weight is 197 g/mol. The fourth-order valence-corrected chi connectivity index (χ4v) is 1.77. The van der Waals surface area contributed by atoms with Gasteiger partial charge in [0.05, 0.1) is 5.03 Å². The molecule has 0 fully saturated rings. The van der Waals surface area contributed by atoms with E-state index in [2.05, 4.69) is 0 Å². The SMILES string of the molecule is O=CC1=C(Cl)c2cccc(F)c2C1. The Morgan fingerprint density at radius 2 is 2.23 bits per heavy atom. The van der Waals surface area contributed by atoms with Crippen LogP contribution in [0.4, 0.5) is 4.39 Å². The van der Waals surface area contributed by atoms with Gasteiger partial charge in [0.15, 0.2) is 0 Å². The van der Waals surface area contributed by atoms with Crippen LogP contribution in [0.3, 0.4) is 0 Å². The molecule has 0 radical (unpaired) electrons. The lowest BCUT2D eigenvalue weighted by Gasteiger charge is -1.99. The summed E-state index contributed by atoms with van der Waals surface area (Å²) in [6, 6.07) is 4.68. The summed E-state index contributed by atoms with van der Waals surface area (Å²) in [5, 5.41) is 0.379. The molecule has 0 saturated carbocycles. The van der Waals surface area contributed by atoms with Gasteiger partial charge in [-0.2, -0.15) is 0 Å². The molecule has 1 aromatic carbocycles. The summed E-state index contributed by atoms with van der Waals surface area (Å²) in [7, 11) is 0. The zero-order chi connectivity index (χ0) is 9.42.